The molecule has 6 aliphatic rings. The number of carbonyl (C=O) groups is 1. The summed E-state index contributed by atoms with van der Waals surface area (Å²) in [7, 11) is 2.21. The second-order valence-corrected chi connectivity index (χ2v) is 16.2. The van der Waals surface area contributed by atoms with Crippen LogP contribution in [-0.4, -0.2) is 34.6 Å². The third-order valence-corrected chi connectivity index (χ3v) is 11.3. The van der Waals surface area contributed by atoms with Gasteiger partial charge < -0.3 is 4.90 Å². The summed E-state index contributed by atoms with van der Waals surface area (Å²) < 4.78 is 2.39. The van der Waals surface area contributed by atoms with Crippen molar-refractivity contribution in [2.45, 2.75) is 74.1 Å². The van der Waals surface area contributed by atoms with Crippen LogP contribution in [-0.2, 0) is 4.79 Å². The lowest BCUT2D eigenvalue weighted by Crippen LogP contribution is -2.30. The maximum Gasteiger partial charge on any atom is 0.205 e. The van der Waals surface area contributed by atoms with E-state index in [0.29, 0.717) is 35.9 Å². The molecule has 0 aromatic heterocycles. The number of hydrogen-bond acceptors (Lipinski definition) is 2. The average Bonchev–Trinajstić information content (AvgIpc) is 3.38. The molecular weight excluding hydrogens is 572 g/mol. The van der Waals surface area contributed by atoms with Crippen LogP contribution in [0.1, 0.15) is 74.1 Å². The van der Waals surface area contributed by atoms with Crippen molar-refractivity contribution in [1.82, 2.24) is 4.90 Å². The van der Waals surface area contributed by atoms with Crippen molar-refractivity contribution in [2.24, 2.45) is 39.9 Å². The molecule has 0 fully saturated rings. The molecule has 0 saturated heterocycles. The third kappa shape index (κ3) is 6.07. The van der Waals surface area contributed by atoms with Gasteiger partial charge in [0.25, 0.3) is 0 Å². The third-order valence-electron chi connectivity index (χ3n) is 11.3. The van der Waals surface area contributed by atoms with Crippen molar-refractivity contribution >= 4 is 11.5 Å². The van der Waals surface area contributed by atoms with Crippen molar-refractivity contribution in [1.29, 1.82) is 0 Å². The van der Waals surface area contributed by atoms with Crippen LogP contribution in [0.5, 0.6) is 0 Å². The number of Topliss-reactive ketones (excluding diaryl/α,β-unsaturated/α-hetero) is 1. The monoisotopic (exact) mass is 627 g/mol. The highest BCUT2D eigenvalue weighted by Crippen LogP contribution is 2.55. The minimum atomic E-state index is -0.247. The van der Waals surface area contributed by atoms with Gasteiger partial charge in [-0.15, -0.1) is 0 Å². The Morgan fingerprint density at radius 3 is 2.11 bits per heavy atom. The van der Waals surface area contributed by atoms with Crippen LogP contribution < -0.4 is 0 Å². The van der Waals surface area contributed by atoms with E-state index in [1.165, 1.54) is 33.9 Å². The minimum Gasteiger partial charge on any atom is -0.344 e. The summed E-state index contributed by atoms with van der Waals surface area (Å²) in [5, 5.41) is 0. The molecule has 0 saturated carbocycles. The molecule has 3 heteroatoms. The molecule has 6 rings (SSSR count). The Labute approximate surface area is 284 Å². The molecule has 0 spiro atoms. The topological polar surface area (TPSA) is 23.3 Å². The summed E-state index contributed by atoms with van der Waals surface area (Å²) in [6.07, 6.45) is 42.8. The molecular formula is C44H55N2O+. The molecule has 0 aromatic rings. The summed E-state index contributed by atoms with van der Waals surface area (Å²) in [6, 6.07) is 0. The number of carbonyl (C=O) groups excluding carboxylic acids is 1. The second kappa shape index (κ2) is 12.7. The van der Waals surface area contributed by atoms with Crippen molar-refractivity contribution < 1.29 is 9.37 Å². The fraction of sp³-hybridized carbons (Fsp3) is 0.455. The van der Waals surface area contributed by atoms with Crippen molar-refractivity contribution in [2.75, 3.05) is 13.6 Å². The lowest BCUT2D eigenvalue weighted by atomic mass is 9.68. The number of fused-ring (bicyclic) bond motifs is 4. The Kier molecular flexibility index (Phi) is 8.98. The predicted octanol–water partition coefficient (Wildman–Crippen LogP) is 9.99. The number of likely N-dealkylation sites (N-methyl/N-ethyl adjacent to an activating group) is 1. The summed E-state index contributed by atoms with van der Waals surface area (Å²) in [5.74, 6) is 2.07. The van der Waals surface area contributed by atoms with Gasteiger partial charge in [0.2, 0.25) is 5.70 Å². The van der Waals surface area contributed by atoms with Crippen LogP contribution in [0.2, 0.25) is 0 Å². The van der Waals surface area contributed by atoms with Gasteiger partial charge in [-0.2, -0.15) is 4.58 Å². The molecule has 2 heterocycles. The molecule has 3 nitrogen and oxygen atoms in total. The van der Waals surface area contributed by atoms with Gasteiger partial charge in [-0.05, 0) is 44.4 Å². The van der Waals surface area contributed by atoms with E-state index >= 15 is 0 Å². The molecule has 4 aliphatic carbocycles. The molecule has 0 amide bonds. The van der Waals surface area contributed by atoms with Gasteiger partial charge in [0.1, 0.15) is 12.8 Å². The maximum absolute atomic E-state index is 12.5. The minimum absolute atomic E-state index is 0.0361. The molecule has 2 aliphatic heterocycles. The van der Waals surface area contributed by atoms with Crippen molar-refractivity contribution in [3.8, 4) is 0 Å². The number of nitrogens with zero attached hydrogens (tertiary/aromatic N) is 2. The van der Waals surface area contributed by atoms with Gasteiger partial charge in [0.15, 0.2) is 5.71 Å². The van der Waals surface area contributed by atoms with Crippen LogP contribution in [0.3, 0.4) is 0 Å². The van der Waals surface area contributed by atoms with E-state index < -0.39 is 0 Å². The van der Waals surface area contributed by atoms with E-state index in [1.54, 1.807) is 0 Å². The van der Waals surface area contributed by atoms with E-state index in [1.807, 2.05) is 20.8 Å². The molecule has 0 bridgehead atoms. The highest BCUT2D eigenvalue weighted by atomic mass is 16.1. The summed E-state index contributed by atoms with van der Waals surface area (Å²) in [6.45, 7) is 16.6. The largest absolute Gasteiger partial charge is 0.344 e. The highest BCUT2D eigenvalue weighted by molar-refractivity contribution is 6.00. The first-order valence-electron chi connectivity index (χ1n) is 17.9. The predicted molar refractivity (Wildman–Crippen MR) is 198 cm³/mol. The Bertz CT molecular complexity index is 1680. The van der Waals surface area contributed by atoms with Gasteiger partial charge in [-0.3, -0.25) is 4.79 Å². The first-order valence-corrected chi connectivity index (χ1v) is 17.9. The Morgan fingerprint density at radius 1 is 0.787 bits per heavy atom. The fourth-order valence-corrected chi connectivity index (χ4v) is 8.74. The first-order chi connectivity index (χ1) is 22.3. The molecule has 246 valence electrons. The quantitative estimate of drug-likeness (QED) is 0.144. The zero-order valence-electron chi connectivity index (χ0n) is 30.0. The van der Waals surface area contributed by atoms with Crippen LogP contribution in [0.4, 0.5) is 0 Å². The summed E-state index contributed by atoms with van der Waals surface area (Å²) in [4.78, 5) is 15.1. The average molecular weight is 628 g/mol. The smallest absolute Gasteiger partial charge is 0.205 e. The van der Waals surface area contributed by atoms with Gasteiger partial charge in [0, 0.05) is 76.6 Å². The summed E-state index contributed by atoms with van der Waals surface area (Å²) >= 11 is 0. The van der Waals surface area contributed by atoms with Crippen LogP contribution in [0, 0.1) is 39.9 Å². The van der Waals surface area contributed by atoms with E-state index in [9.17, 15) is 4.79 Å². The number of allylic oxidation sites excluding steroid dienone is 19. The highest BCUT2D eigenvalue weighted by Gasteiger charge is 2.49. The number of hydrogen-bond donors (Lipinski definition) is 0. The number of unbranched alkanes of at least 4 members (excludes halogenated alkanes) is 2. The molecule has 4 atom stereocenters. The van der Waals surface area contributed by atoms with Gasteiger partial charge in [-0.25, -0.2) is 0 Å². The first kappa shape index (κ1) is 33.2. The Morgan fingerprint density at radius 2 is 1.43 bits per heavy atom. The molecule has 0 aromatic carbocycles. The SMILES string of the molecule is C[N+]1=C(/C=C/C=C/C=C2/N(CCCCCC(=O)C(C)(C)C)C3=C(C4C=CC=CC4C=C3)C2(C)C)C(C)(C)C2=C1C=CC1C=CC=CC21. The van der Waals surface area contributed by atoms with E-state index in [0.717, 1.165) is 25.8 Å². The second-order valence-electron chi connectivity index (χ2n) is 16.2. The zero-order chi connectivity index (χ0) is 33.6. The van der Waals surface area contributed by atoms with E-state index in [4.69, 9.17) is 0 Å². The normalized spacial score (nSPS) is 29.2. The molecule has 47 heavy (non-hydrogen) atoms. The molecule has 0 N–H and O–H groups in total. The maximum atomic E-state index is 12.5. The summed E-state index contributed by atoms with van der Waals surface area (Å²) in [5.41, 5.74) is 8.12. The van der Waals surface area contributed by atoms with Crippen molar-refractivity contribution in [3.05, 3.63) is 132 Å². The van der Waals surface area contributed by atoms with Crippen LogP contribution in [0.15, 0.2) is 132 Å². The number of ketones is 1. The van der Waals surface area contributed by atoms with Gasteiger partial charge >= 0.3 is 0 Å². The fourth-order valence-electron chi connectivity index (χ4n) is 8.74. The lowest BCUT2D eigenvalue weighted by Gasteiger charge is -2.33. The molecule has 4 unspecified atom stereocenters. The van der Waals surface area contributed by atoms with Crippen molar-refractivity contribution in [3.63, 3.8) is 0 Å². The van der Waals surface area contributed by atoms with E-state index in [2.05, 4.69) is 148 Å². The van der Waals surface area contributed by atoms with Gasteiger partial charge in [0.05, 0.1) is 5.41 Å². The Balaban J connectivity index is 1.20. The standard InChI is InChI=1S/C44H55N2O/c1-42(2,3)39(47)25-13-10-18-30-46-36-29-27-32-20-15-17-22-34(32)41(36)44(6,7)38(46)24-12-9-11-23-37-43(4,5)40-33-21-16-14-19-31(33)26-28-35(40)45(37)8/h9,11-12,14-17,19-24,26-29,31-34H,10,13,18,25,30H2,1-8H3/q+1. The lowest BCUT2D eigenvalue weighted by molar-refractivity contribution is -0.435. The van der Waals surface area contributed by atoms with E-state index in [-0.39, 0.29) is 16.2 Å². The Hall–Kier alpha value is -3.72. The van der Waals surface area contributed by atoms with Crippen LogP contribution in [0.25, 0.3) is 0 Å². The molecule has 0 radical (unpaired) electrons. The van der Waals surface area contributed by atoms with Gasteiger partial charge in [-0.1, -0.05) is 120 Å². The van der Waals surface area contributed by atoms with Crippen LogP contribution >= 0.6 is 0 Å². The number of rotatable bonds is 9. The zero-order valence-corrected chi connectivity index (χ0v) is 30.0.